The van der Waals surface area contributed by atoms with Gasteiger partial charge in [-0.05, 0) is 25.7 Å². The van der Waals surface area contributed by atoms with Gasteiger partial charge in [-0.25, -0.2) is 8.42 Å². The summed E-state index contributed by atoms with van der Waals surface area (Å²) < 4.78 is 32.4. The number of hydrogen-bond acceptors (Lipinski definition) is 4. The van der Waals surface area contributed by atoms with Crippen molar-refractivity contribution < 1.29 is 47.6 Å². The molecule has 0 amide bonds. The van der Waals surface area contributed by atoms with Crippen molar-refractivity contribution in [2.24, 2.45) is 0 Å². The summed E-state index contributed by atoms with van der Waals surface area (Å²) in [7, 11) is -4.20. The Morgan fingerprint density at radius 3 is 2.12 bits per heavy atom. The van der Waals surface area contributed by atoms with Gasteiger partial charge >= 0.3 is 29.6 Å². The maximum absolute atomic E-state index is 10.8. The standard InChI is InChI=1S/C11H24O4S.Na/c1-3-5-6-7-10(12)8-9-11(4-2)16(13,14)15;/h10-12H,3-9H2,1-2H3,(H,13,14,15);/q;+1/p-1. The molecular weight excluding hydrogens is 251 g/mol. The van der Waals surface area contributed by atoms with Crippen LogP contribution >= 0.6 is 0 Å². The van der Waals surface area contributed by atoms with E-state index < -0.39 is 21.5 Å². The van der Waals surface area contributed by atoms with Crippen molar-refractivity contribution in [1.29, 1.82) is 0 Å². The van der Waals surface area contributed by atoms with Gasteiger partial charge in [0.1, 0.15) is 0 Å². The van der Waals surface area contributed by atoms with Gasteiger partial charge in [0, 0.05) is 5.25 Å². The molecule has 0 radical (unpaired) electrons. The molecule has 1 N–H and O–H groups in total. The molecule has 98 valence electrons. The Hall–Kier alpha value is 0.870. The van der Waals surface area contributed by atoms with Crippen LogP contribution in [0.25, 0.3) is 0 Å². The van der Waals surface area contributed by atoms with E-state index >= 15 is 0 Å². The Bertz CT molecular complexity index is 267. The largest absolute Gasteiger partial charge is 1.00 e. The summed E-state index contributed by atoms with van der Waals surface area (Å²) in [5, 5.41) is 8.75. The molecule has 0 saturated heterocycles. The molecule has 0 aromatic heterocycles. The molecule has 0 saturated carbocycles. The van der Waals surface area contributed by atoms with Crippen LogP contribution in [-0.4, -0.2) is 29.4 Å². The summed E-state index contributed by atoms with van der Waals surface area (Å²) in [5.74, 6) is 0. The summed E-state index contributed by atoms with van der Waals surface area (Å²) in [4.78, 5) is 0. The number of unbranched alkanes of at least 4 members (excludes halogenated alkanes) is 2. The second-order valence-electron chi connectivity index (χ2n) is 4.25. The van der Waals surface area contributed by atoms with Gasteiger partial charge in [0.15, 0.2) is 0 Å². The van der Waals surface area contributed by atoms with Crippen molar-refractivity contribution in [3.8, 4) is 0 Å². The van der Waals surface area contributed by atoms with Crippen molar-refractivity contribution in [3.05, 3.63) is 0 Å². The van der Waals surface area contributed by atoms with Crippen LogP contribution in [0.3, 0.4) is 0 Å². The first-order chi connectivity index (χ1) is 7.41. The molecule has 0 aromatic carbocycles. The maximum Gasteiger partial charge on any atom is 1.00 e. The average molecular weight is 274 g/mol. The topological polar surface area (TPSA) is 77.4 Å². The number of rotatable bonds is 9. The van der Waals surface area contributed by atoms with E-state index in [2.05, 4.69) is 6.92 Å². The quantitative estimate of drug-likeness (QED) is 0.333. The smallest absolute Gasteiger partial charge is 0.748 e. The Kier molecular flexibility index (Phi) is 12.8. The minimum atomic E-state index is -4.20. The first-order valence-corrected chi connectivity index (χ1v) is 7.51. The fraction of sp³-hybridized carbons (Fsp3) is 1.00. The van der Waals surface area contributed by atoms with Crippen LogP contribution in [0.4, 0.5) is 0 Å². The van der Waals surface area contributed by atoms with Gasteiger partial charge in [-0.1, -0.05) is 33.1 Å². The molecule has 0 aliphatic rings. The molecule has 0 heterocycles. The molecule has 0 spiro atoms. The first-order valence-electron chi connectivity index (χ1n) is 6.04. The SMILES string of the molecule is CCCCCC(O)CCC(CC)S(=O)(=O)[O-].[Na+]. The molecule has 2 atom stereocenters. The van der Waals surface area contributed by atoms with Crippen LogP contribution in [0.1, 0.15) is 58.8 Å². The van der Waals surface area contributed by atoms with Crippen LogP contribution in [-0.2, 0) is 10.1 Å². The second-order valence-corrected chi connectivity index (χ2v) is 5.90. The molecule has 0 fully saturated rings. The van der Waals surface area contributed by atoms with Gasteiger partial charge in [-0.3, -0.25) is 0 Å². The molecule has 0 aromatic rings. The molecular formula is C11H23NaO4S. The molecule has 2 unspecified atom stereocenters. The van der Waals surface area contributed by atoms with E-state index in [0.29, 0.717) is 19.3 Å². The zero-order valence-corrected chi connectivity index (χ0v) is 14.0. The van der Waals surface area contributed by atoms with E-state index in [0.717, 1.165) is 19.3 Å². The zero-order chi connectivity index (χ0) is 12.6. The van der Waals surface area contributed by atoms with Crippen molar-refractivity contribution in [2.75, 3.05) is 0 Å². The Labute approximate surface area is 127 Å². The summed E-state index contributed by atoms with van der Waals surface area (Å²) >= 11 is 0. The average Bonchev–Trinajstić information content (AvgIpc) is 2.17. The van der Waals surface area contributed by atoms with Crippen LogP contribution in [0.5, 0.6) is 0 Å². The molecule has 0 aliphatic carbocycles. The normalized spacial score (nSPS) is 15.1. The third-order valence-electron chi connectivity index (χ3n) is 2.83. The van der Waals surface area contributed by atoms with E-state index in [1.54, 1.807) is 6.92 Å². The molecule has 0 aliphatic heterocycles. The molecule has 6 heteroatoms. The van der Waals surface area contributed by atoms with Crippen molar-refractivity contribution in [3.63, 3.8) is 0 Å². The van der Waals surface area contributed by atoms with E-state index in [4.69, 9.17) is 0 Å². The van der Waals surface area contributed by atoms with Crippen molar-refractivity contribution in [1.82, 2.24) is 0 Å². The monoisotopic (exact) mass is 274 g/mol. The van der Waals surface area contributed by atoms with Crippen LogP contribution in [0.2, 0.25) is 0 Å². The molecule has 0 rings (SSSR count). The summed E-state index contributed by atoms with van der Waals surface area (Å²) in [6.45, 7) is 3.77. The van der Waals surface area contributed by atoms with Gasteiger partial charge in [0.05, 0.1) is 16.2 Å². The van der Waals surface area contributed by atoms with E-state index in [-0.39, 0.29) is 36.0 Å². The minimum Gasteiger partial charge on any atom is -0.748 e. The number of hydrogen-bond donors (Lipinski definition) is 1. The summed E-state index contributed by atoms with van der Waals surface area (Å²) in [5.41, 5.74) is 0. The van der Waals surface area contributed by atoms with Crippen molar-refractivity contribution in [2.45, 2.75) is 70.1 Å². The third kappa shape index (κ3) is 10.5. The minimum absolute atomic E-state index is 0. The fourth-order valence-corrected chi connectivity index (χ4v) is 2.54. The number of aliphatic hydroxyl groups excluding tert-OH is 1. The van der Waals surface area contributed by atoms with E-state index in [1.807, 2.05) is 0 Å². The van der Waals surface area contributed by atoms with Gasteiger partial charge in [-0.2, -0.15) is 0 Å². The molecule has 17 heavy (non-hydrogen) atoms. The molecule has 4 nitrogen and oxygen atoms in total. The zero-order valence-electron chi connectivity index (χ0n) is 11.2. The van der Waals surface area contributed by atoms with Gasteiger partial charge in [0.25, 0.3) is 0 Å². The van der Waals surface area contributed by atoms with Crippen LogP contribution in [0.15, 0.2) is 0 Å². The Morgan fingerprint density at radius 2 is 1.71 bits per heavy atom. The first kappa shape index (κ1) is 20.2. The predicted octanol–water partition coefficient (Wildman–Crippen LogP) is -0.964. The van der Waals surface area contributed by atoms with Gasteiger partial charge in [-0.15, -0.1) is 0 Å². The predicted molar refractivity (Wildman–Crippen MR) is 63.2 cm³/mol. The van der Waals surface area contributed by atoms with Gasteiger partial charge in [0.2, 0.25) is 0 Å². The van der Waals surface area contributed by atoms with Gasteiger partial charge < -0.3 is 9.66 Å². The molecule has 0 bridgehead atoms. The third-order valence-corrected chi connectivity index (χ3v) is 4.21. The van der Waals surface area contributed by atoms with Crippen LogP contribution in [0, 0.1) is 0 Å². The van der Waals surface area contributed by atoms with E-state index in [9.17, 15) is 18.1 Å². The van der Waals surface area contributed by atoms with Crippen molar-refractivity contribution >= 4 is 10.1 Å². The van der Waals surface area contributed by atoms with E-state index in [1.165, 1.54) is 0 Å². The number of aliphatic hydroxyl groups is 1. The summed E-state index contributed by atoms with van der Waals surface area (Å²) in [6.07, 6.45) is 4.37. The summed E-state index contributed by atoms with van der Waals surface area (Å²) in [6, 6.07) is 0. The fourth-order valence-electron chi connectivity index (χ4n) is 1.71. The van der Waals surface area contributed by atoms with Crippen LogP contribution < -0.4 is 29.6 Å². The Balaban J connectivity index is 0. The second kappa shape index (κ2) is 10.8. The maximum atomic E-state index is 10.8. The Morgan fingerprint density at radius 1 is 1.12 bits per heavy atom.